The van der Waals surface area contributed by atoms with Crippen LogP contribution in [0.1, 0.15) is 18.5 Å². The van der Waals surface area contributed by atoms with Gasteiger partial charge < -0.3 is 5.73 Å². The number of rotatable bonds is 3. The second-order valence-corrected chi connectivity index (χ2v) is 5.20. The highest BCUT2D eigenvalue weighted by Gasteiger charge is 2.06. The number of aromatic amines is 1. The molecule has 0 aliphatic rings. The monoisotopic (exact) mass is 278 g/mol. The first-order valence-electron chi connectivity index (χ1n) is 5.68. The smallest absolute Gasteiger partial charge is 0.324 e. The summed E-state index contributed by atoms with van der Waals surface area (Å²) in [5.74, 6) is 0. The van der Waals surface area contributed by atoms with Crippen LogP contribution in [0.15, 0.2) is 43.9 Å². The summed E-state index contributed by atoms with van der Waals surface area (Å²) in [6.07, 6.45) is 0. The van der Waals surface area contributed by atoms with E-state index in [2.05, 4.69) is 10.1 Å². The van der Waals surface area contributed by atoms with E-state index in [1.807, 2.05) is 31.2 Å². The SMILES string of the molecule is CC(N)c1ccc(Sc2nc(=O)c(=O)[nH]n2C)cc1. The molecule has 2 aromatic rings. The van der Waals surface area contributed by atoms with Gasteiger partial charge in [0, 0.05) is 18.0 Å². The van der Waals surface area contributed by atoms with Gasteiger partial charge in [-0.15, -0.1) is 0 Å². The number of nitrogens with two attached hydrogens (primary N) is 1. The van der Waals surface area contributed by atoms with Crippen molar-refractivity contribution in [1.29, 1.82) is 0 Å². The van der Waals surface area contributed by atoms with Gasteiger partial charge in [0.15, 0.2) is 5.16 Å². The molecule has 1 unspecified atom stereocenters. The van der Waals surface area contributed by atoms with Crippen LogP contribution in [0.25, 0.3) is 0 Å². The van der Waals surface area contributed by atoms with Crippen LogP contribution < -0.4 is 16.9 Å². The Morgan fingerprint density at radius 3 is 2.53 bits per heavy atom. The Hall–Kier alpha value is -1.86. The van der Waals surface area contributed by atoms with Crippen LogP contribution in [0.2, 0.25) is 0 Å². The fraction of sp³-hybridized carbons (Fsp3) is 0.250. The summed E-state index contributed by atoms with van der Waals surface area (Å²) in [4.78, 5) is 27.0. The normalized spacial score (nSPS) is 12.4. The molecule has 0 radical (unpaired) electrons. The summed E-state index contributed by atoms with van der Waals surface area (Å²) in [7, 11) is 1.63. The fourth-order valence-corrected chi connectivity index (χ4v) is 2.29. The minimum Gasteiger partial charge on any atom is -0.324 e. The lowest BCUT2D eigenvalue weighted by molar-refractivity contribution is 0.596. The first kappa shape index (κ1) is 13.6. The Morgan fingerprint density at radius 1 is 1.32 bits per heavy atom. The Bertz CT molecular complexity index is 688. The second kappa shape index (κ2) is 5.41. The van der Waals surface area contributed by atoms with E-state index in [4.69, 9.17) is 5.73 Å². The van der Waals surface area contributed by atoms with Crippen molar-refractivity contribution in [3.63, 3.8) is 0 Å². The molecule has 0 saturated heterocycles. The summed E-state index contributed by atoms with van der Waals surface area (Å²) < 4.78 is 1.42. The molecule has 100 valence electrons. The van der Waals surface area contributed by atoms with Crippen LogP contribution in [0.4, 0.5) is 0 Å². The molecule has 6 nitrogen and oxygen atoms in total. The number of nitrogens with zero attached hydrogens (tertiary/aromatic N) is 2. The zero-order valence-corrected chi connectivity index (χ0v) is 11.4. The summed E-state index contributed by atoms with van der Waals surface area (Å²) in [5.41, 5.74) is 5.30. The number of aryl methyl sites for hydroxylation is 1. The lowest BCUT2D eigenvalue weighted by Crippen LogP contribution is -2.33. The molecule has 0 spiro atoms. The molecule has 0 saturated carbocycles. The highest BCUT2D eigenvalue weighted by Crippen LogP contribution is 2.25. The number of H-pyrrole nitrogens is 1. The molecular weight excluding hydrogens is 264 g/mol. The van der Waals surface area contributed by atoms with Crippen molar-refractivity contribution in [2.75, 3.05) is 0 Å². The first-order valence-corrected chi connectivity index (χ1v) is 6.50. The van der Waals surface area contributed by atoms with E-state index in [-0.39, 0.29) is 6.04 Å². The first-order chi connectivity index (χ1) is 8.97. The van der Waals surface area contributed by atoms with Gasteiger partial charge in [-0.3, -0.25) is 19.4 Å². The van der Waals surface area contributed by atoms with Crippen molar-refractivity contribution in [2.45, 2.75) is 23.0 Å². The maximum Gasteiger partial charge on any atom is 0.339 e. The predicted octanol–water partition coefficient (Wildman–Crippen LogP) is 0.639. The second-order valence-electron chi connectivity index (χ2n) is 4.16. The summed E-state index contributed by atoms with van der Waals surface area (Å²) >= 11 is 1.30. The molecule has 1 heterocycles. The van der Waals surface area contributed by atoms with Gasteiger partial charge in [-0.2, -0.15) is 4.98 Å². The van der Waals surface area contributed by atoms with Crippen LogP contribution in [0, 0.1) is 0 Å². The lowest BCUT2D eigenvalue weighted by atomic mass is 10.1. The molecule has 3 N–H and O–H groups in total. The maximum atomic E-state index is 11.2. The largest absolute Gasteiger partial charge is 0.339 e. The number of nitrogens with one attached hydrogen (secondary N) is 1. The topological polar surface area (TPSA) is 93.8 Å². The van der Waals surface area contributed by atoms with Gasteiger partial charge in [0.05, 0.1) is 0 Å². The van der Waals surface area contributed by atoms with Crippen LogP contribution in [0.5, 0.6) is 0 Å². The van der Waals surface area contributed by atoms with Crippen molar-refractivity contribution in [1.82, 2.24) is 14.8 Å². The van der Waals surface area contributed by atoms with E-state index in [0.717, 1.165) is 10.5 Å². The zero-order chi connectivity index (χ0) is 14.0. The Kier molecular flexibility index (Phi) is 3.87. The fourth-order valence-electron chi connectivity index (χ4n) is 1.50. The van der Waals surface area contributed by atoms with Gasteiger partial charge in [-0.25, -0.2) is 0 Å². The number of hydrogen-bond acceptors (Lipinski definition) is 5. The van der Waals surface area contributed by atoms with Crippen molar-refractivity contribution in [3.8, 4) is 0 Å². The molecule has 0 aliphatic heterocycles. The molecule has 1 aromatic heterocycles. The average molecular weight is 278 g/mol. The van der Waals surface area contributed by atoms with Gasteiger partial charge in [0.25, 0.3) is 0 Å². The van der Waals surface area contributed by atoms with E-state index in [1.165, 1.54) is 16.4 Å². The van der Waals surface area contributed by atoms with Crippen LogP contribution >= 0.6 is 11.8 Å². The third-order valence-electron chi connectivity index (χ3n) is 2.56. The van der Waals surface area contributed by atoms with Crippen molar-refractivity contribution < 1.29 is 0 Å². The van der Waals surface area contributed by atoms with Gasteiger partial charge >= 0.3 is 11.1 Å². The molecule has 0 amide bonds. The van der Waals surface area contributed by atoms with E-state index >= 15 is 0 Å². The third kappa shape index (κ3) is 3.12. The van der Waals surface area contributed by atoms with Gasteiger partial charge in [0.2, 0.25) is 0 Å². The highest BCUT2D eigenvalue weighted by molar-refractivity contribution is 7.99. The molecule has 0 fully saturated rings. The Labute approximate surface area is 113 Å². The summed E-state index contributed by atoms with van der Waals surface area (Å²) in [6.45, 7) is 1.91. The highest BCUT2D eigenvalue weighted by atomic mass is 32.2. The Morgan fingerprint density at radius 2 is 1.95 bits per heavy atom. The van der Waals surface area contributed by atoms with E-state index in [1.54, 1.807) is 7.05 Å². The van der Waals surface area contributed by atoms with Crippen molar-refractivity contribution in [2.24, 2.45) is 12.8 Å². The van der Waals surface area contributed by atoms with E-state index < -0.39 is 11.1 Å². The molecule has 0 bridgehead atoms. The molecule has 1 aromatic carbocycles. The molecule has 19 heavy (non-hydrogen) atoms. The van der Waals surface area contributed by atoms with Gasteiger partial charge in [-0.05, 0) is 24.6 Å². The van der Waals surface area contributed by atoms with E-state index in [0.29, 0.717) is 5.16 Å². The number of aromatic nitrogens is 3. The molecule has 1 atom stereocenters. The number of hydrogen-bond donors (Lipinski definition) is 2. The standard InChI is InChI=1S/C12H14N4O2S/c1-7(13)8-3-5-9(6-4-8)19-12-14-10(17)11(18)15-16(12)2/h3-7H,13H2,1-2H3,(H,15,18). The van der Waals surface area contributed by atoms with Crippen LogP contribution in [-0.4, -0.2) is 14.8 Å². The van der Waals surface area contributed by atoms with E-state index in [9.17, 15) is 9.59 Å². The summed E-state index contributed by atoms with van der Waals surface area (Å²) in [6, 6.07) is 7.64. The van der Waals surface area contributed by atoms with Crippen LogP contribution in [0.3, 0.4) is 0 Å². The third-order valence-corrected chi connectivity index (χ3v) is 3.62. The minimum atomic E-state index is -0.784. The average Bonchev–Trinajstić information content (AvgIpc) is 2.36. The molecule has 0 aliphatic carbocycles. The Balaban J connectivity index is 2.29. The zero-order valence-electron chi connectivity index (χ0n) is 10.6. The minimum absolute atomic E-state index is 0.0189. The maximum absolute atomic E-state index is 11.2. The predicted molar refractivity (Wildman–Crippen MR) is 73.3 cm³/mol. The molecule has 2 rings (SSSR count). The quantitative estimate of drug-likeness (QED) is 0.804. The molecular formula is C12H14N4O2S. The van der Waals surface area contributed by atoms with Gasteiger partial charge in [0.1, 0.15) is 0 Å². The van der Waals surface area contributed by atoms with Crippen LogP contribution in [-0.2, 0) is 7.05 Å². The number of benzene rings is 1. The molecule has 7 heteroatoms. The summed E-state index contributed by atoms with van der Waals surface area (Å²) in [5, 5.41) is 2.83. The van der Waals surface area contributed by atoms with Crippen molar-refractivity contribution in [3.05, 3.63) is 50.5 Å². The van der Waals surface area contributed by atoms with Gasteiger partial charge in [-0.1, -0.05) is 23.9 Å². The van der Waals surface area contributed by atoms with Crippen molar-refractivity contribution >= 4 is 11.8 Å². The lowest BCUT2D eigenvalue weighted by Gasteiger charge is -2.08.